The van der Waals surface area contributed by atoms with Gasteiger partial charge >= 0.3 is 11.9 Å². The van der Waals surface area contributed by atoms with Gasteiger partial charge in [-0.15, -0.1) is 0 Å². The zero-order valence-corrected chi connectivity index (χ0v) is 31.8. The first-order valence-corrected chi connectivity index (χ1v) is 19.0. The lowest BCUT2D eigenvalue weighted by atomic mass is 10.1. The molecule has 0 radical (unpaired) electrons. The topological polar surface area (TPSA) is 127 Å². The molecule has 4 aromatic rings. The number of unbranched alkanes of at least 4 members (excludes halogenated alkanes) is 2. The molecule has 4 rings (SSSR count). The number of benzene rings is 4. The van der Waals surface area contributed by atoms with E-state index >= 15 is 0 Å². The average molecular weight is 739 g/mol. The first-order chi connectivity index (χ1) is 26.8. The van der Waals surface area contributed by atoms with Crippen LogP contribution in [-0.2, 0) is 9.59 Å². The maximum absolute atomic E-state index is 12.6. The Balaban J connectivity index is 1.31. The highest BCUT2D eigenvalue weighted by Gasteiger charge is 2.15. The molecule has 1 N–H and O–H groups in total. The number of nitrogens with zero attached hydrogens (tertiary/aromatic N) is 4. The highest BCUT2D eigenvalue weighted by molar-refractivity contribution is 5.99. The van der Waals surface area contributed by atoms with Gasteiger partial charge in [0.1, 0.15) is 34.8 Å². The summed E-state index contributed by atoms with van der Waals surface area (Å²) < 4.78 is 10.7. The van der Waals surface area contributed by atoms with Crippen molar-refractivity contribution in [1.29, 1.82) is 10.5 Å². The second-order valence-corrected chi connectivity index (χ2v) is 13.2. The number of aliphatic hydroxyl groups excluding tert-OH is 1. The third-order valence-corrected chi connectivity index (χ3v) is 8.99. The smallest absolute Gasteiger partial charge is 0.354 e. The quantitative estimate of drug-likeness (QED) is 0.0385. The zero-order valence-electron chi connectivity index (χ0n) is 31.8. The summed E-state index contributed by atoms with van der Waals surface area (Å²) in [6.45, 7) is 7.54. The van der Waals surface area contributed by atoms with Crippen LogP contribution < -0.4 is 19.3 Å². The molecule has 9 nitrogen and oxygen atoms in total. The van der Waals surface area contributed by atoms with Crippen molar-refractivity contribution < 1.29 is 24.2 Å². The molecule has 1 unspecified atom stereocenters. The van der Waals surface area contributed by atoms with Crippen molar-refractivity contribution in [2.24, 2.45) is 0 Å². The summed E-state index contributed by atoms with van der Waals surface area (Å²) in [5.74, 6) is -0.642. The number of esters is 2. The summed E-state index contributed by atoms with van der Waals surface area (Å²) in [5, 5.41) is 30.2. The maximum atomic E-state index is 12.6. The van der Waals surface area contributed by atoms with Crippen LogP contribution in [-0.4, -0.2) is 49.3 Å². The van der Waals surface area contributed by atoms with Crippen LogP contribution in [0.25, 0.3) is 12.2 Å². The van der Waals surface area contributed by atoms with E-state index in [2.05, 4.69) is 23.6 Å². The normalized spacial score (nSPS) is 11.9. The van der Waals surface area contributed by atoms with E-state index in [4.69, 9.17) is 9.47 Å². The van der Waals surface area contributed by atoms with E-state index in [0.29, 0.717) is 30.9 Å². The number of carbonyl (C=O) groups is 2. The highest BCUT2D eigenvalue weighted by atomic mass is 16.5. The number of anilines is 2. The molecule has 0 spiro atoms. The summed E-state index contributed by atoms with van der Waals surface area (Å²) >= 11 is 0. The summed E-state index contributed by atoms with van der Waals surface area (Å²) in [6.07, 6.45) is 8.86. The van der Waals surface area contributed by atoms with Gasteiger partial charge in [0.25, 0.3) is 0 Å². The molecule has 0 aliphatic heterocycles. The first-order valence-electron chi connectivity index (χ1n) is 19.0. The van der Waals surface area contributed by atoms with Gasteiger partial charge in [-0.2, -0.15) is 10.5 Å². The molecular weight excluding hydrogens is 689 g/mol. The molecular formula is C46H50N4O5. The molecule has 55 heavy (non-hydrogen) atoms. The van der Waals surface area contributed by atoms with Crippen LogP contribution in [0.5, 0.6) is 11.5 Å². The average Bonchev–Trinajstić information content (AvgIpc) is 3.21. The van der Waals surface area contributed by atoms with E-state index < -0.39 is 18.0 Å². The molecule has 0 saturated carbocycles. The lowest BCUT2D eigenvalue weighted by molar-refractivity contribution is -0.130. The van der Waals surface area contributed by atoms with Gasteiger partial charge < -0.3 is 24.4 Å². The number of carbonyl (C=O) groups excluding carboxylic acids is 2. The largest absolute Gasteiger partial charge is 0.422 e. The van der Waals surface area contributed by atoms with Gasteiger partial charge in [0.2, 0.25) is 0 Å². The van der Waals surface area contributed by atoms with Gasteiger partial charge in [-0.1, -0.05) is 87.4 Å². The van der Waals surface area contributed by atoms with Gasteiger partial charge in [0.05, 0.1) is 6.10 Å². The summed E-state index contributed by atoms with van der Waals surface area (Å²) in [4.78, 5) is 29.7. The Hall–Kier alpha value is -6.16. The molecule has 1 atom stereocenters. The van der Waals surface area contributed by atoms with Crippen molar-refractivity contribution >= 4 is 35.5 Å². The van der Waals surface area contributed by atoms with Crippen molar-refractivity contribution in [3.05, 3.63) is 131 Å². The third kappa shape index (κ3) is 14.0. The molecule has 284 valence electrons. The lowest BCUT2D eigenvalue weighted by Gasteiger charge is -2.27. The van der Waals surface area contributed by atoms with Gasteiger partial charge in [0, 0.05) is 37.6 Å². The minimum atomic E-state index is -0.703. The predicted molar refractivity (Wildman–Crippen MR) is 218 cm³/mol. The van der Waals surface area contributed by atoms with Crippen LogP contribution in [0.15, 0.2) is 120 Å². The van der Waals surface area contributed by atoms with Crippen LogP contribution in [0.2, 0.25) is 0 Å². The van der Waals surface area contributed by atoms with Crippen molar-refractivity contribution in [1.82, 2.24) is 0 Å². The summed E-state index contributed by atoms with van der Waals surface area (Å²) in [6, 6.07) is 36.8. The lowest BCUT2D eigenvalue weighted by Crippen LogP contribution is -2.29. The number of aliphatic hydroxyl groups is 1. The molecule has 9 heteroatoms. The molecule has 0 heterocycles. The fraction of sp³-hybridized carbons (Fsp3) is 0.304. The standard InChI is InChI=1S/C46H50N4O5/c1-3-5-28-49(40-23-19-36(20-24-40)32-38(34-47)45(52)54-43-15-9-7-10-16-43)30-13-14-42(51)27-31-50(29-6-4-2)41-25-21-37(22-26-41)33-39(35-48)46(53)55-44-17-11-8-12-18-44/h7-12,15-26,32-33,42,51H,3-6,13-14,27-31H2,1-2H3. The van der Waals surface area contributed by atoms with Gasteiger partial charge in [-0.3, -0.25) is 0 Å². The number of rotatable bonds is 21. The van der Waals surface area contributed by atoms with Crippen molar-refractivity contribution in [2.45, 2.75) is 64.9 Å². The Morgan fingerprint density at radius 2 is 1.00 bits per heavy atom. The Labute approximate surface area is 325 Å². The van der Waals surface area contributed by atoms with Crippen molar-refractivity contribution in [3.8, 4) is 23.6 Å². The zero-order chi connectivity index (χ0) is 39.3. The molecule has 0 bridgehead atoms. The molecule has 0 aromatic heterocycles. The molecule has 4 aromatic carbocycles. The fourth-order valence-corrected chi connectivity index (χ4v) is 5.88. The van der Waals surface area contributed by atoms with Gasteiger partial charge in [0.15, 0.2) is 0 Å². The van der Waals surface area contributed by atoms with Crippen LogP contribution in [0, 0.1) is 22.7 Å². The maximum Gasteiger partial charge on any atom is 0.354 e. The number of hydrogen-bond donors (Lipinski definition) is 1. The van der Waals surface area contributed by atoms with Crippen LogP contribution in [0.3, 0.4) is 0 Å². The number of nitriles is 2. The minimum Gasteiger partial charge on any atom is -0.422 e. The van der Waals surface area contributed by atoms with Crippen LogP contribution in [0.1, 0.15) is 69.9 Å². The second kappa shape index (κ2) is 22.8. The predicted octanol–water partition coefficient (Wildman–Crippen LogP) is 9.16. The molecule has 0 aliphatic rings. The first kappa shape index (κ1) is 41.6. The summed E-state index contributed by atoms with van der Waals surface area (Å²) in [7, 11) is 0. The van der Waals surface area contributed by atoms with Gasteiger partial charge in [-0.25, -0.2) is 9.59 Å². The van der Waals surface area contributed by atoms with Crippen LogP contribution in [0.4, 0.5) is 11.4 Å². The number of hydrogen-bond acceptors (Lipinski definition) is 9. The molecule has 0 saturated heterocycles. The van der Waals surface area contributed by atoms with Crippen molar-refractivity contribution in [2.75, 3.05) is 36.0 Å². The van der Waals surface area contributed by atoms with Crippen molar-refractivity contribution in [3.63, 3.8) is 0 Å². The van der Waals surface area contributed by atoms with E-state index in [1.807, 2.05) is 72.8 Å². The second-order valence-electron chi connectivity index (χ2n) is 13.2. The monoisotopic (exact) mass is 738 g/mol. The SMILES string of the molecule is CCCCN(CCCC(O)CCN(CCCC)c1ccc(C=C(C#N)C(=O)Oc2ccccc2)cc1)c1ccc(C=C(C#N)C(=O)Oc2ccccc2)cc1. The third-order valence-electron chi connectivity index (χ3n) is 8.99. The molecule has 0 aliphatic carbocycles. The Morgan fingerprint density at radius 3 is 1.40 bits per heavy atom. The Morgan fingerprint density at radius 1 is 0.600 bits per heavy atom. The van der Waals surface area contributed by atoms with Crippen LogP contribution >= 0.6 is 0 Å². The summed E-state index contributed by atoms with van der Waals surface area (Å²) in [5.41, 5.74) is 3.34. The van der Waals surface area contributed by atoms with E-state index in [1.165, 1.54) is 12.2 Å². The number of para-hydroxylation sites is 2. The molecule has 0 fully saturated rings. The van der Waals surface area contributed by atoms with E-state index in [9.17, 15) is 25.2 Å². The van der Waals surface area contributed by atoms with E-state index in [-0.39, 0.29) is 11.1 Å². The highest BCUT2D eigenvalue weighted by Crippen LogP contribution is 2.22. The Bertz CT molecular complexity index is 1930. The van der Waals surface area contributed by atoms with E-state index in [1.54, 1.807) is 48.5 Å². The Kier molecular flexibility index (Phi) is 17.2. The van der Waals surface area contributed by atoms with Gasteiger partial charge in [-0.05, 0) is 104 Å². The molecule has 0 amide bonds. The number of ether oxygens (including phenoxy) is 2. The fourth-order valence-electron chi connectivity index (χ4n) is 5.88. The van der Waals surface area contributed by atoms with E-state index in [0.717, 1.165) is 74.2 Å². The minimum absolute atomic E-state index is 0.0802.